The first-order chi connectivity index (χ1) is 10.8. The Bertz CT molecular complexity index is 390. The van der Waals surface area contributed by atoms with Gasteiger partial charge in [0.15, 0.2) is 0 Å². The molecule has 0 atom stereocenters. The molecule has 0 aromatic heterocycles. The van der Waals surface area contributed by atoms with Gasteiger partial charge in [-0.1, -0.05) is 0 Å². The third kappa shape index (κ3) is 4.18. The van der Waals surface area contributed by atoms with Crippen LogP contribution < -0.4 is 10.4 Å². The van der Waals surface area contributed by atoms with Crippen LogP contribution in [0.25, 0.3) is 0 Å². The van der Waals surface area contributed by atoms with Crippen molar-refractivity contribution in [2.24, 2.45) is 0 Å². The van der Waals surface area contributed by atoms with Gasteiger partial charge >= 0.3 is 0 Å². The number of nitrogens with zero attached hydrogens (tertiary/aromatic N) is 1. The minimum Gasteiger partial charge on any atom is -0.530 e. The number of quaternary nitrogens is 1. The average Bonchev–Trinajstić information content (AvgIpc) is 2.47. The molecule has 23 heavy (non-hydrogen) atoms. The summed E-state index contributed by atoms with van der Waals surface area (Å²) in [7, 11) is 0. The van der Waals surface area contributed by atoms with E-state index in [9.17, 15) is 9.90 Å². The minimum absolute atomic E-state index is 0.0633. The molecule has 1 saturated carbocycles. The van der Waals surface area contributed by atoms with Crippen molar-refractivity contribution in [3.63, 3.8) is 0 Å². The molecule has 1 aliphatic carbocycles. The number of hydrogen-bond acceptors (Lipinski definition) is 3. The zero-order chi connectivity index (χ0) is 17.1. The monoisotopic (exact) mass is 326 g/mol. The molecule has 1 amide bonds. The Morgan fingerprint density at radius 1 is 1.13 bits per heavy atom. The van der Waals surface area contributed by atoms with E-state index in [1.165, 1.54) is 12.8 Å². The third-order valence-electron chi connectivity index (χ3n) is 6.16. The molecule has 0 bridgehead atoms. The van der Waals surface area contributed by atoms with Crippen LogP contribution in [0.15, 0.2) is 0 Å². The lowest BCUT2D eigenvalue weighted by atomic mass is 9.83. The maximum absolute atomic E-state index is 10.8. The van der Waals surface area contributed by atoms with Gasteiger partial charge < -0.3 is 24.4 Å². The molecule has 1 heterocycles. The van der Waals surface area contributed by atoms with E-state index in [2.05, 4.69) is 33.0 Å². The van der Waals surface area contributed by atoms with Crippen molar-refractivity contribution in [2.75, 3.05) is 19.7 Å². The number of carbonyl (C=O) groups excluding carboxylic acids is 1. The van der Waals surface area contributed by atoms with Crippen molar-refractivity contribution in [3.8, 4) is 0 Å². The van der Waals surface area contributed by atoms with Crippen LogP contribution in [0.4, 0.5) is 4.79 Å². The quantitative estimate of drug-likeness (QED) is 0.804. The van der Waals surface area contributed by atoms with Crippen LogP contribution in [0.5, 0.6) is 0 Å². The number of nitrogens with one attached hydrogen (secondary N) is 1. The van der Waals surface area contributed by atoms with Crippen LogP contribution in [0, 0.1) is 0 Å². The van der Waals surface area contributed by atoms with Crippen molar-refractivity contribution in [1.82, 2.24) is 5.32 Å². The fourth-order valence-corrected chi connectivity index (χ4v) is 4.87. The van der Waals surface area contributed by atoms with Gasteiger partial charge in [0.25, 0.3) is 0 Å². The fourth-order valence-electron chi connectivity index (χ4n) is 4.87. The molecule has 1 saturated heterocycles. The van der Waals surface area contributed by atoms with E-state index in [1.807, 2.05) is 0 Å². The highest BCUT2D eigenvalue weighted by Crippen LogP contribution is 2.39. The molecule has 134 valence electrons. The topological polar surface area (TPSA) is 61.4 Å². The first-order valence-corrected chi connectivity index (χ1v) is 9.24. The van der Waals surface area contributed by atoms with E-state index in [0.717, 1.165) is 49.9 Å². The zero-order valence-electron chi connectivity index (χ0n) is 15.3. The van der Waals surface area contributed by atoms with E-state index in [0.29, 0.717) is 12.1 Å². The van der Waals surface area contributed by atoms with E-state index >= 15 is 0 Å². The van der Waals surface area contributed by atoms with E-state index in [4.69, 9.17) is 4.74 Å². The average molecular weight is 326 g/mol. The molecule has 0 spiro atoms. The summed E-state index contributed by atoms with van der Waals surface area (Å²) in [6.07, 6.45) is 5.90. The van der Waals surface area contributed by atoms with E-state index < -0.39 is 6.09 Å². The molecule has 1 N–H and O–H groups in total. The third-order valence-corrected chi connectivity index (χ3v) is 6.16. The van der Waals surface area contributed by atoms with Crippen molar-refractivity contribution < 1.29 is 19.1 Å². The summed E-state index contributed by atoms with van der Waals surface area (Å²) < 4.78 is 6.93. The Kier molecular flexibility index (Phi) is 5.95. The Labute approximate surface area is 141 Å². The smallest absolute Gasteiger partial charge is 0.134 e. The van der Waals surface area contributed by atoms with E-state index in [1.54, 1.807) is 0 Å². The van der Waals surface area contributed by atoms with Crippen LogP contribution in [0.1, 0.15) is 66.2 Å². The number of carboxylic acid groups (broad SMARTS) is 1. The van der Waals surface area contributed by atoms with E-state index in [-0.39, 0.29) is 11.6 Å². The van der Waals surface area contributed by atoms with Crippen LogP contribution >= 0.6 is 0 Å². The van der Waals surface area contributed by atoms with Gasteiger partial charge in [0, 0.05) is 38.3 Å². The number of carbonyl (C=O) groups is 1. The predicted molar refractivity (Wildman–Crippen MR) is 89.0 cm³/mol. The maximum Gasteiger partial charge on any atom is 0.134 e. The Balaban J connectivity index is 2.03. The molecular weight excluding hydrogens is 292 g/mol. The van der Waals surface area contributed by atoms with Gasteiger partial charge in [-0.3, -0.25) is 0 Å². The molecule has 0 aromatic carbocycles. The summed E-state index contributed by atoms with van der Waals surface area (Å²) in [5.41, 5.74) is 0.190. The van der Waals surface area contributed by atoms with Crippen molar-refractivity contribution in [2.45, 2.75) is 89.9 Å². The van der Waals surface area contributed by atoms with Gasteiger partial charge in [-0.2, -0.15) is 0 Å². The first-order valence-electron chi connectivity index (χ1n) is 9.24. The Morgan fingerprint density at radius 3 is 2.13 bits per heavy atom. The number of likely N-dealkylation sites (tertiary alicyclic amines) is 1. The molecule has 1 aliphatic heterocycles. The number of hydrogen-bond donors (Lipinski definition) is 1. The van der Waals surface area contributed by atoms with Gasteiger partial charge in [-0.05, 0) is 40.5 Å². The zero-order valence-corrected chi connectivity index (χ0v) is 15.3. The highest BCUT2D eigenvalue weighted by molar-refractivity contribution is 5.62. The summed E-state index contributed by atoms with van der Waals surface area (Å²) in [4.78, 5) is 10.8. The summed E-state index contributed by atoms with van der Waals surface area (Å²) in [6, 6.07) is 0.740. The molecule has 5 nitrogen and oxygen atoms in total. The van der Waals surface area contributed by atoms with Gasteiger partial charge in [0.2, 0.25) is 0 Å². The number of ether oxygens (including phenoxy) is 1. The molecule has 0 aromatic rings. The van der Waals surface area contributed by atoms with Crippen LogP contribution in [0.2, 0.25) is 0 Å². The summed E-state index contributed by atoms with van der Waals surface area (Å²) in [6.45, 7) is 12.0. The lowest BCUT2D eigenvalue weighted by molar-refractivity contribution is -0.997. The number of rotatable bonds is 4. The number of piperidine rings is 1. The second-order valence-corrected chi connectivity index (χ2v) is 8.24. The molecule has 2 rings (SSSR count). The molecular formula is C18H34N2O3. The predicted octanol–water partition coefficient (Wildman–Crippen LogP) is 2.04. The minimum atomic E-state index is -1.14. The number of amides is 1. The summed E-state index contributed by atoms with van der Waals surface area (Å²) >= 11 is 0. The SMILES string of the molecule is CCOC1CCC([N+]2(C(C)(C)C)CCC(NC(=O)[O-])CC2)CC1. The highest BCUT2D eigenvalue weighted by Gasteiger charge is 2.49. The van der Waals surface area contributed by atoms with Crippen LogP contribution in [-0.2, 0) is 4.74 Å². The lowest BCUT2D eigenvalue weighted by Gasteiger charge is -2.58. The second kappa shape index (κ2) is 7.39. The Hall–Kier alpha value is -0.810. The van der Waals surface area contributed by atoms with Gasteiger partial charge in [0.05, 0.1) is 30.8 Å². The largest absolute Gasteiger partial charge is 0.530 e. The maximum atomic E-state index is 10.8. The molecule has 0 radical (unpaired) electrons. The molecule has 5 heteroatoms. The molecule has 2 fully saturated rings. The second-order valence-electron chi connectivity index (χ2n) is 8.24. The first kappa shape index (κ1) is 18.5. The standard InChI is InChI=1S/C18H34N2O3/c1-5-23-16-8-6-15(7-9-16)20(18(2,3)4)12-10-14(11-13-20)19-17(21)22/h14-16,19H,5-13H2,1-4H3. The molecule has 2 aliphatic rings. The van der Waals surface area contributed by atoms with Gasteiger partial charge in [-0.25, -0.2) is 0 Å². The van der Waals surface area contributed by atoms with Gasteiger partial charge in [-0.15, -0.1) is 0 Å². The van der Waals surface area contributed by atoms with Crippen molar-refractivity contribution in [1.29, 1.82) is 0 Å². The van der Waals surface area contributed by atoms with Crippen molar-refractivity contribution in [3.05, 3.63) is 0 Å². The summed E-state index contributed by atoms with van der Waals surface area (Å²) in [5.74, 6) is 0. The fraction of sp³-hybridized carbons (Fsp3) is 0.944. The van der Waals surface area contributed by atoms with Crippen molar-refractivity contribution >= 4 is 6.09 Å². The van der Waals surface area contributed by atoms with Crippen LogP contribution in [0.3, 0.4) is 0 Å². The van der Waals surface area contributed by atoms with Gasteiger partial charge in [0.1, 0.15) is 6.09 Å². The summed E-state index contributed by atoms with van der Waals surface area (Å²) in [5, 5.41) is 13.4. The lowest BCUT2D eigenvalue weighted by Crippen LogP contribution is -2.70. The molecule has 0 unspecified atom stereocenters. The normalized spacial score (nSPS) is 35.7. The van der Waals surface area contributed by atoms with Crippen LogP contribution in [-0.4, -0.2) is 54.0 Å². The Morgan fingerprint density at radius 2 is 1.70 bits per heavy atom. The highest BCUT2D eigenvalue weighted by atomic mass is 16.5.